The molecule has 0 rings (SSSR count). The van der Waals surface area contributed by atoms with E-state index in [-0.39, 0.29) is 5.92 Å². The van der Waals surface area contributed by atoms with Gasteiger partial charge in [0.05, 0.1) is 12.6 Å². The number of carboxylic acids is 1. The normalized spacial score (nSPS) is 18.3. The Kier molecular flexibility index (Phi) is 4.81. The molecule has 0 bridgehead atoms. The highest BCUT2D eigenvalue weighted by Crippen LogP contribution is 2.11. The number of carboxylic acid groups (broad SMARTS) is 1. The van der Waals surface area contributed by atoms with E-state index in [1.807, 2.05) is 0 Å². The second kappa shape index (κ2) is 5.09. The number of rotatable bonds is 5. The predicted molar refractivity (Wildman–Crippen MR) is 44.5 cm³/mol. The molecule has 0 aromatic rings. The van der Waals surface area contributed by atoms with Crippen LogP contribution in [-0.4, -0.2) is 23.8 Å². The Balaban J connectivity index is 3.86. The summed E-state index contributed by atoms with van der Waals surface area (Å²) in [4.78, 5) is 10.4. The van der Waals surface area contributed by atoms with Gasteiger partial charge in [-0.25, -0.2) is 0 Å². The summed E-state index contributed by atoms with van der Waals surface area (Å²) in [7, 11) is 0. The van der Waals surface area contributed by atoms with Crippen LogP contribution in [0.15, 0.2) is 0 Å². The van der Waals surface area contributed by atoms with E-state index in [2.05, 4.69) is 0 Å². The molecule has 0 aromatic heterocycles. The second-order valence-corrected chi connectivity index (χ2v) is 3.29. The molecule has 0 heterocycles. The summed E-state index contributed by atoms with van der Waals surface area (Å²) in [5.74, 6) is -1.67. The molecule has 0 saturated heterocycles. The van der Waals surface area contributed by atoms with E-state index >= 15 is 0 Å². The van der Waals surface area contributed by atoms with Gasteiger partial charge in [-0.05, 0) is 12.3 Å². The second-order valence-electron chi connectivity index (χ2n) is 3.29. The summed E-state index contributed by atoms with van der Waals surface area (Å²) < 4.78 is 12.0. The van der Waals surface area contributed by atoms with Gasteiger partial charge in [0.15, 0.2) is 0 Å². The van der Waals surface area contributed by atoms with Gasteiger partial charge in [-0.2, -0.15) is 0 Å². The van der Waals surface area contributed by atoms with Crippen LogP contribution in [0.1, 0.15) is 20.3 Å². The highest BCUT2D eigenvalue weighted by molar-refractivity contribution is 5.70. The molecule has 2 unspecified atom stereocenters. The van der Waals surface area contributed by atoms with Crippen molar-refractivity contribution in [2.45, 2.75) is 26.3 Å². The summed E-state index contributed by atoms with van der Waals surface area (Å²) in [5.41, 5.74) is 5.55. The SMILES string of the molecule is CC(CF)CC(N)[C@H](C)C(=O)O. The van der Waals surface area contributed by atoms with Crippen LogP contribution in [0.5, 0.6) is 0 Å². The van der Waals surface area contributed by atoms with Gasteiger partial charge in [0.25, 0.3) is 0 Å². The Bertz CT molecular complexity index is 152. The van der Waals surface area contributed by atoms with Crippen LogP contribution in [-0.2, 0) is 4.79 Å². The first-order valence-electron chi connectivity index (χ1n) is 4.03. The van der Waals surface area contributed by atoms with Crippen molar-refractivity contribution in [2.24, 2.45) is 17.6 Å². The van der Waals surface area contributed by atoms with E-state index in [0.717, 1.165) is 0 Å². The Morgan fingerprint density at radius 2 is 2.08 bits per heavy atom. The molecule has 0 amide bonds. The Labute approximate surface area is 71.8 Å². The summed E-state index contributed by atoms with van der Waals surface area (Å²) in [6.45, 7) is 2.81. The fourth-order valence-electron chi connectivity index (χ4n) is 0.915. The van der Waals surface area contributed by atoms with Gasteiger partial charge < -0.3 is 10.8 Å². The summed E-state index contributed by atoms with van der Waals surface area (Å²) in [6.07, 6.45) is 0.421. The first kappa shape index (κ1) is 11.4. The maximum absolute atomic E-state index is 12.0. The lowest BCUT2D eigenvalue weighted by atomic mass is 9.94. The van der Waals surface area contributed by atoms with Gasteiger partial charge in [0, 0.05) is 6.04 Å². The van der Waals surface area contributed by atoms with E-state index < -0.39 is 24.6 Å². The van der Waals surface area contributed by atoms with Crippen molar-refractivity contribution in [1.29, 1.82) is 0 Å². The Hall–Kier alpha value is -0.640. The van der Waals surface area contributed by atoms with Gasteiger partial charge in [-0.3, -0.25) is 9.18 Å². The minimum absolute atomic E-state index is 0.151. The largest absolute Gasteiger partial charge is 0.481 e. The van der Waals surface area contributed by atoms with E-state index in [1.165, 1.54) is 6.92 Å². The molecule has 0 aliphatic heterocycles. The predicted octanol–water partition coefficient (Wildman–Crippen LogP) is 1.03. The van der Waals surface area contributed by atoms with Crippen LogP contribution in [0.2, 0.25) is 0 Å². The van der Waals surface area contributed by atoms with Crippen molar-refractivity contribution in [2.75, 3.05) is 6.67 Å². The molecule has 0 radical (unpaired) electrons. The summed E-state index contributed by atoms with van der Waals surface area (Å²) in [5, 5.41) is 8.56. The molecule has 0 spiro atoms. The highest BCUT2D eigenvalue weighted by atomic mass is 19.1. The number of aliphatic carboxylic acids is 1. The Morgan fingerprint density at radius 3 is 2.42 bits per heavy atom. The van der Waals surface area contributed by atoms with Gasteiger partial charge in [0.2, 0.25) is 0 Å². The molecule has 12 heavy (non-hydrogen) atoms. The van der Waals surface area contributed by atoms with Crippen LogP contribution in [0.4, 0.5) is 4.39 Å². The standard InChI is InChI=1S/C8H16FNO2/c1-5(4-9)3-7(10)6(2)8(11)12/h5-7H,3-4,10H2,1-2H3,(H,11,12)/t5?,6-,7?/m0/s1. The van der Waals surface area contributed by atoms with Crippen LogP contribution in [0.3, 0.4) is 0 Å². The molecule has 3 N–H and O–H groups in total. The maximum Gasteiger partial charge on any atom is 0.307 e. The van der Waals surface area contributed by atoms with Crippen LogP contribution in [0, 0.1) is 11.8 Å². The first-order chi connectivity index (χ1) is 5.49. The number of halogens is 1. The minimum Gasteiger partial charge on any atom is -0.481 e. The van der Waals surface area contributed by atoms with Crippen molar-refractivity contribution in [3.05, 3.63) is 0 Å². The number of carbonyl (C=O) groups is 1. The van der Waals surface area contributed by atoms with Crippen LogP contribution >= 0.6 is 0 Å². The van der Waals surface area contributed by atoms with E-state index in [9.17, 15) is 9.18 Å². The smallest absolute Gasteiger partial charge is 0.307 e. The lowest BCUT2D eigenvalue weighted by molar-refractivity contribution is -0.141. The molecular weight excluding hydrogens is 161 g/mol. The summed E-state index contributed by atoms with van der Waals surface area (Å²) >= 11 is 0. The lowest BCUT2D eigenvalue weighted by Gasteiger charge is -2.18. The van der Waals surface area contributed by atoms with Gasteiger partial charge in [-0.1, -0.05) is 13.8 Å². The van der Waals surface area contributed by atoms with E-state index in [0.29, 0.717) is 6.42 Å². The number of nitrogens with two attached hydrogens (primary N) is 1. The molecule has 3 nitrogen and oxygen atoms in total. The highest BCUT2D eigenvalue weighted by Gasteiger charge is 2.21. The fraction of sp³-hybridized carbons (Fsp3) is 0.875. The number of hydrogen-bond donors (Lipinski definition) is 2. The van der Waals surface area contributed by atoms with Crippen LogP contribution < -0.4 is 5.73 Å². The molecular formula is C8H16FNO2. The molecule has 3 atom stereocenters. The van der Waals surface area contributed by atoms with Crippen molar-refractivity contribution in [3.63, 3.8) is 0 Å². The van der Waals surface area contributed by atoms with E-state index in [1.54, 1.807) is 6.92 Å². The van der Waals surface area contributed by atoms with E-state index in [4.69, 9.17) is 10.8 Å². The minimum atomic E-state index is -0.923. The lowest BCUT2D eigenvalue weighted by Crippen LogP contribution is -2.35. The molecule has 72 valence electrons. The molecule has 0 aromatic carbocycles. The average molecular weight is 177 g/mol. The number of alkyl halides is 1. The van der Waals surface area contributed by atoms with Gasteiger partial charge in [-0.15, -0.1) is 0 Å². The first-order valence-corrected chi connectivity index (χ1v) is 4.03. The van der Waals surface area contributed by atoms with Crippen molar-refractivity contribution >= 4 is 5.97 Å². The zero-order valence-corrected chi connectivity index (χ0v) is 7.46. The monoisotopic (exact) mass is 177 g/mol. The molecule has 0 saturated carbocycles. The maximum atomic E-state index is 12.0. The number of hydrogen-bond acceptors (Lipinski definition) is 2. The van der Waals surface area contributed by atoms with Gasteiger partial charge >= 0.3 is 5.97 Å². The van der Waals surface area contributed by atoms with Crippen molar-refractivity contribution in [1.82, 2.24) is 0 Å². The zero-order valence-electron chi connectivity index (χ0n) is 7.46. The van der Waals surface area contributed by atoms with Crippen molar-refractivity contribution in [3.8, 4) is 0 Å². The third-order valence-corrected chi connectivity index (χ3v) is 1.97. The molecule has 4 heteroatoms. The fourth-order valence-corrected chi connectivity index (χ4v) is 0.915. The molecule has 0 aliphatic carbocycles. The summed E-state index contributed by atoms with van der Waals surface area (Å²) in [6, 6.07) is -0.451. The van der Waals surface area contributed by atoms with Crippen LogP contribution in [0.25, 0.3) is 0 Å². The zero-order chi connectivity index (χ0) is 9.72. The molecule has 0 aliphatic rings. The van der Waals surface area contributed by atoms with Crippen molar-refractivity contribution < 1.29 is 14.3 Å². The quantitative estimate of drug-likeness (QED) is 0.659. The molecule has 0 fully saturated rings. The topological polar surface area (TPSA) is 63.3 Å². The average Bonchev–Trinajstić information content (AvgIpc) is 2.02. The van der Waals surface area contributed by atoms with Gasteiger partial charge in [0.1, 0.15) is 0 Å². The third kappa shape index (κ3) is 3.67. The third-order valence-electron chi connectivity index (χ3n) is 1.97. The Morgan fingerprint density at radius 1 is 1.58 bits per heavy atom.